The highest BCUT2D eigenvalue weighted by Crippen LogP contribution is 2.21. The van der Waals surface area contributed by atoms with E-state index in [-0.39, 0.29) is 0 Å². The number of hydrogen-bond donors (Lipinski definition) is 0. The first kappa shape index (κ1) is 12.2. The molecule has 3 rings (SSSR count). The second-order valence-electron chi connectivity index (χ2n) is 4.16. The van der Waals surface area contributed by atoms with Gasteiger partial charge in [-0.05, 0) is 12.1 Å². The smallest absolute Gasteiger partial charge is 0.178 e. The third-order valence-corrected chi connectivity index (χ3v) is 2.75. The van der Waals surface area contributed by atoms with Crippen LogP contribution in [-0.4, -0.2) is 9.97 Å². The molecule has 96 valence electrons. The number of hydrogen-bond acceptors (Lipinski definition) is 4. The van der Waals surface area contributed by atoms with Crippen molar-refractivity contribution in [1.82, 2.24) is 9.97 Å². The minimum Gasteiger partial charge on any atom is -0.236 e. The maximum absolute atomic E-state index is 4.25. The minimum absolute atomic E-state index is 0.544. The summed E-state index contributed by atoms with van der Waals surface area (Å²) in [6.07, 6.45) is 1.50. The average Bonchev–Trinajstić information content (AvgIpc) is 2.55. The van der Waals surface area contributed by atoms with Gasteiger partial charge in [-0.25, -0.2) is 9.97 Å². The number of rotatable bonds is 3. The Morgan fingerprint density at radius 1 is 0.700 bits per heavy atom. The summed E-state index contributed by atoms with van der Waals surface area (Å²) in [6.45, 7) is 0. The molecule has 0 aliphatic carbocycles. The van der Waals surface area contributed by atoms with Gasteiger partial charge in [0.15, 0.2) is 5.82 Å². The summed E-state index contributed by atoms with van der Waals surface area (Å²) in [4.78, 5) is 8.36. The minimum atomic E-state index is 0.544. The van der Waals surface area contributed by atoms with Gasteiger partial charge in [0.25, 0.3) is 0 Å². The highest BCUT2D eigenvalue weighted by atomic mass is 15.1. The zero-order valence-corrected chi connectivity index (χ0v) is 10.7. The molecule has 20 heavy (non-hydrogen) atoms. The molecule has 4 heteroatoms. The Balaban J connectivity index is 1.87. The molecule has 0 aliphatic rings. The normalized spacial score (nSPS) is 10.8. The summed E-state index contributed by atoms with van der Waals surface area (Å²) in [7, 11) is 0. The lowest BCUT2D eigenvalue weighted by Crippen LogP contribution is -1.84. The van der Waals surface area contributed by atoms with Gasteiger partial charge in [-0.3, -0.25) is 0 Å². The fraction of sp³-hybridized carbons (Fsp3) is 0. The van der Waals surface area contributed by atoms with Gasteiger partial charge >= 0.3 is 0 Å². The molecule has 0 saturated heterocycles. The Hall–Kier alpha value is -2.88. The Labute approximate surface area is 116 Å². The van der Waals surface area contributed by atoms with Crippen molar-refractivity contribution in [2.24, 2.45) is 10.2 Å². The molecule has 0 saturated carbocycles. The number of nitrogens with zero attached hydrogens (tertiary/aromatic N) is 4. The molecule has 0 radical (unpaired) electrons. The van der Waals surface area contributed by atoms with Crippen LogP contribution in [0.25, 0.3) is 11.3 Å². The van der Waals surface area contributed by atoms with Crippen molar-refractivity contribution < 1.29 is 0 Å². The van der Waals surface area contributed by atoms with Crippen molar-refractivity contribution in [3.63, 3.8) is 0 Å². The molecule has 0 fully saturated rings. The zero-order chi connectivity index (χ0) is 13.6. The molecule has 4 nitrogen and oxygen atoms in total. The summed E-state index contributed by atoms with van der Waals surface area (Å²) in [6, 6.07) is 21.3. The summed E-state index contributed by atoms with van der Waals surface area (Å²) in [5.41, 5.74) is 2.67. The molecular weight excluding hydrogens is 248 g/mol. The SMILES string of the molecule is c1ccc(N=Nc2cc(-c3ccccc3)ncn2)cc1. The molecule has 1 aromatic heterocycles. The van der Waals surface area contributed by atoms with Gasteiger partial charge in [0.05, 0.1) is 11.4 Å². The third kappa shape index (κ3) is 2.92. The van der Waals surface area contributed by atoms with Crippen molar-refractivity contribution in [1.29, 1.82) is 0 Å². The average molecular weight is 260 g/mol. The Morgan fingerprint density at radius 3 is 2.15 bits per heavy atom. The van der Waals surface area contributed by atoms with Crippen molar-refractivity contribution in [3.05, 3.63) is 73.1 Å². The quantitative estimate of drug-likeness (QED) is 0.648. The van der Waals surface area contributed by atoms with Crippen LogP contribution in [0.2, 0.25) is 0 Å². The first-order valence-corrected chi connectivity index (χ1v) is 6.26. The van der Waals surface area contributed by atoms with Gasteiger partial charge in [0.2, 0.25) is 0 Å². The van der Waals surface area contributed by atoms with E-state index in [1.165, 1.54) is 6.33 Å². The first-order chi connectivity index (χ1) is 9.92. The molecule has 1 heterocycles. The molecule has 2 aromatic carbocycles. The molecule has 0 unspecified atom stereocenters. The molecule has 0 atom stereocenters. The van der Waals surface area contributed by atoms with Gasteiger partial charge in [0.1, 0.15) is 6.33 Å². The van der Waals surface area contributed by atoms with E-state index in [1.54, 1.807) is 0 Å². The second-order valence-corrected chi connectivity index (χ2v) is 4.16. The summed E-state index contributed by atoms with van der Waals surface area (Å²) < 4.78 is 0. The Morgan fingerprint density at radius 2 is 1.40 bits per heavy atom. The van der Waals surface area contributed by atoms with E-state index in [0.29, 0.717) is 5.82 Å². The molecule has 0 bridgehead atoms. The second kappa shape index (κ2) is 5.84. The van der Waals surface area contributed by atoms with Crippen LogP contribution in [0.3, 0.4) is 0 Å². The van der Waals surface area contributed by atoms with Crippen LogP contribution in [0.15, 0.2) is 83.3 Å². The van der Waals surface area contributed by atoms with Gasteiger partial charge in [-0.2, -0.15) is 0 Å². The van der Waals surface area contributed by atoms with Crippen LogP contribution < -0.4 is 0 Å². The van der Waals surface area contributed by atoms with Gasteiger partial charge in [-0.1, -0.05) is 48.5 Å². The predicted octanol–water partition coefficient (Wildman–Crippen LogP) is 4.56. The van der Waals surface area contributed by atoms with Crippen LogP contribution in [0.5, 0.6) is 0 Å². The molecular formula is C16H12N4. The van der Waals surface area contributed by atoms with E-state index in [4.69, 9.17) is 0 Å². The highest BCUT2D eigenvalue weighted by Gasteiger charge is 2.00. The zero-order valence-electron chi connectivity index (χ0n) is 10.7. The van der Waals surface area contributed by atoms with Crippen molar-refractivity contribution >= 4 is 11.5 Å². The Bertz CT molecular complexity index is 709. The maximum atomic E-state index is 4.25. The van der Waals surface area contributed by atoms with Crippen LogP contribution in [-0.2, 0) is 0 Å². The van der Waals surface area contributed by atoms with E-state index in [2.05, 4.69) is 20.2 Å². The van der Waals surface area contributed by atoms with E-state index in [0.717, 1.165) is 16.9 Å². The van der Waals surface area contributed by atoms with E-state index < -0.39 is 0 Å². The summed E-state index contributed by atoms with van der Waals surface area (Å²) in [5.74, 6) is 0.544. The van der Waals surface area contributed by atoms with E-state index in [1.807, 2.05) is 66.7 Å². The molecule has 0 aliphatic heterocycles. The van der Waals surface area contributed by atoms with Crippen LogP contribution in [0, 0.1) is 0 Å². The monoisotopic (exact) mass is 260 g/mol. The molecule has 0 amide bonds. The van der Waals surface area contributed by atoms with Gasteiger partial charge in [0, 0.05) is 11.6 Å². The number of azo groups is 1. The van der Waals surface area contributed by atoms with Gasteiger partial charge in [-0.15, -0.1) is 10.2 Å². The standard InChI is InChI=1S/C16H12N4/c1-3-7-13(8-4-1)15-11-16(18-12-17-15)20-19-14-9-5-2-6-10-14/h1-12H. The van der Waals surface area contributed by atoms with Crippen LogP contribution in [0.4, 0.5) is 11.5 Å². The van der Waals surface area contributed by atoms with Crippen LogP contribution in [0.1, 0.15) is 0 Å². The number of aromatic nitrogens is 2. The fourth-order valence-electron chi connectivity index (χ4n) is 1.77. The largest absolute Gasteiger partial charge is 0.236 e. The van der Waals surface area contributed by atoms with Crippen LogP contribution >= 0.6 is 0 Å². The van der Waals surface area contributed by atoms with Crippen molar-refractivity contribution in [2.75, 3.05) is 0 Å². The maximum Gasteiger partial charge on any atom is 0.178 e. The number of benzene rings is 2. The lowest BCUT2D eigenvalue weighted by Gasteiger charge is -2.00. The molecule has 3 aromatic rings. The highest BCUT2D eigenvalue weighted by molar-refractivity contribution is 5.60. The molecule has 0 N–H and O–H groups in total. The van der Waals surface area contributed by atoms with E-state index in [9.17, 15) is 0 Å². The van der Waals surface area contributed by atoms with Crippen molar-refractivity contribution in [2.45, 2.75) is 0 Å². The summed E-state index contributed by atoms with van der Waals surface area (Å²) in [5, 5.41) is 8.28. The first-order valence-electron chi connectivity index (χ1n) is 6.26. The third-order valence-electron chi connectivity index (χ3n) is 2.75. The Kier molecular flexibility index (Phi) is 3.55. The lowest BCUT2D eigenvalue weighted by molar-refractivity contribution is 1.10. The summed E-state index contributed by atoms with van der Waals surface area (Å²) >= 11 is 0. The topological polar surface area (TPSA) is 50.5 Å². The fourth-order valence-corrected chi connectivity index (χ4v) is 1.77. The van der Waals surface area contributed by atoms with E-state index >= 15 is 0 Å². The predicted molar refractivity (Wildman–Crippen MR) is 78.1 cm³/mol. The van der Waals surface area contributed by atoms with Crippen molar-refractivity contribution in [3.8, 4) is 11.3 Å². The molecule has 0 spiro atoms. The van der Waals surface area contributed by atoms with Gasteiger partial charge < -0.3 is 0 Å². The lowest BCUT2D eigenvalue weighted by atomic mass is 10.1.